The van der Waals surface area contributed by atoms with Crippen molar-refractivity contribution < 1.29 is 0 Å². The Morgan fingerprint density at radius 3 is 2.50 bits per heavy atom. The fourth-order valence-electron chi connectivity index (χ4n) is 1.34. The third-order valence-electron chi connectivity index (χ3n) is 2.17. The van der Waals surface area contributed by atoms with Crippen LogP contribution in [-0.2, 0) is 0 Å². The Morgan fingerprint density at radius 1 is 1.19 bits per heavy atom. The molecular weight excluding hydrogens is 268 g/mol. The van der Waals surface area contributed by atoms with Crippen LogP contribution >= 0.6 is 15.9 Å². The number of nitrogens with zero attached hydrogens (tertiary/aromatic N) is 2. The lowest BCUT2D eigenvalue weighted by Gasteiger charge is -2.05. The Morgan fingerprint density at radius 2 is 1.88 bits per heavy atom. The van der Waals surface area contributed by atoms with Gasteiger partial charge < -0.3 is 4.57 Å². The number of hydrogen-bond acceptors (Lipinski definition) is 2. The van der Waals surface area contributed by atoms with E-state index < -0.39 is 0 Å². The van der Waals surface area contributed by atoms with Crippen LogP contribution in [0.4, 0.5) is 0 Å². The highest BCUT2D eigenvalue weighted by Crippen LogP contribution is 2.13. The van der Waals surface area contributed by atoms with E-state index in [1.54, 1.807) is 10.8 Å². The van der Waals surface area contributed by atoms with E-state index in [9.17, 15) is 4.79 Å². The van der Waals surface area contributed by atoms with Crippen LogP contribution in [0, 0.1) is 11.3 Å². The molecule has 78 valence electrons. The van der Waals surface area contributed by atoms with Gasteiger partial charge in [-0.15, -0.1) is 0 Å². The highest BCUT2D eigenvalue weighted by molar-refractivity contribution is 9.10. The first-order chi connectivity index (χ1) is 7.70. The van der Waals surface area contributed by atoms with Crippen LogP contribution < -0.4 is 5.43 Å². The van der Waals surface area contributed by atoms with Gasteiger partial charge >= 0.3 is 0 Å². The fraction of sp³-hybridized carbons (Fsp3) is 0. The second-order valence-corrected chi connectivity index (χ2v) is 4.13. The molecule has 0 spiro atoms. The van der Waals surface area contributed by atoms with E-state index in [-0.39, 0.29) is 11.0 Å². The van der Waals surface area contributed by atoms with Crippen molar-refractivity contribution in [3.8, 4) is 11.8 Å². The quantitative estimate of drug-likeness (QED) is 0.802. The van der Waals surface area contributed by atoms with Crippen molar-refractivity contribution >= 4 is 15.9 Å². The molecule has 0 N–H and O–H groups in total. The molecule has 3 nitrogen and oxygen atoms in total. The number of aromatic nitrogens is 1. The van der Waals surface area contributed by atoms with Crippen molar-refractivity contribution in [1.29, 1.82) is 5.26 Å². The maximum atomic E-state index is 11.2. The van der Waals surface area contributed by atoms with E-state index in [4.69, 9.17) is 5.26 Å². The van der Waals surface area contributed by atoms with Gasteiger partial charge in [-0.2, -0.15) is 5.26 Å². The Bertz CT molecular complexity index is 608. The number of halogens is 1. The van der Waals surface area contributed by atoms with Crippen molar-refractivity contribution in [3.63, 3.8) is 0 Å². The molecule has 0 aliphatic heterocycles. The lowest BCUT2D eigenvalue weighted by atomic mass is 10.2. The molecule has 0 saturated carbocycles. The van der Waals surface area contributed by atoms with Crippen LogP contribution in [0.2, 0.25) is 0 Å². The molecule has 4 heteroatoms. The Hall–Kier alpha value is -1.86. The van der Waals surface area contributed by atoms with Gasteiger partial charge in [-0.05, 0) is 24.3 Å². The second kappa shape index (κ2) is 4.33. The molecule has 0 fully saturated rings. The molecule has 1 heterocycles. The molecule has 0 aliphatic rings. The molecule has 0 bridgehead atoms. The standard InChI is InChI=1S/C12H7BrN2O/c13-10-1-3-11(4-2-10)15-6-5-12(16)9(7-14)8-15/h1-6,8H. The Balaban J connectivity index is 2.53. The summed E-state index contributed by atoms with van der Waals surface area (Å²) >= 11 is 3.35. The monoisotopic (exact) mass is 274 g/mol. The van der Waals surface area contributed by atoms with Crippen LogP contribution in [0.3, 0.4) is 0 Å². The normalized spacial score (nSPS) is 9.75. The van der Waals surface area contributed by atoms with Gasteiger partial charge in [0.2, 0.25) is 0 Å². The summed E-state index contributed by atoms with van der Waals surface area (Å²) in [6.07, 6.45) is 3.18. The van der Waals surface area contributed by atoms with Gasteiger partial charge in [0.1, 0.15) is 11.6 Å². The lowest BCUT2D eigenvalue weighted by molar-refractivity contribution is 1.03. The molecule has 16 heavy (non-hydrogen) atoms. The Labute approximate surface area is 101 Å². The van der Waals surface area contributed by atoms with Crippen molar-refractivity contribution in [2.24, 2.45) is 0 Å². The third-order valence-corrected chi connectivity index (χ3v) is 2.69. The molecule has 0 amide bonds. The highest BCUT2D eigenvalue weighted by atomic mass is 79.9. The van der Waals surface area contributed by atoms with Crippen LogP contribution in [0.15, 0.2) is 52.0 Å². The van der Waals surface area contributed by atoms with Gasteiger partial charge in [-0.25, -0.2) is 0 Å². The number of benzene rings is 1. The Kier molecular flexibility index (Phi) is 2.88. The van der Waals surface area contributed by atoms with E-state index in [0.717, 1.165) is 10.2 Å². The van der Waals surface area contributed by atoms with E-state index in [0.29, 0.717) is 0 Å². The minimum absolute atomic E-state index is 0.144. The van der Waals surface area contributed by atoms with Crippen molar-refractivity contribution in [2.75, 3.05) is 0 Å². The van der Waals surface area contributed by atoms with Crippen LogP contribution in [0.25, 0.3) is 5.69 Å². The summed E-state index contributed by atoms with van der Waals surface area (Å²) in [5, 5.41) is 8.76. The van der Waals surface area contributed by atoms with Crippen molar-refractivity contribution in [1.82, 2.24) is 4.57 Å². The molecule has 1 aromatic carbocycles. The number of pyridine rings is 1. The van der Waals surface area contributed by atoms with Crippen molar-refractivity contribution in [2.45, 2.75) is 0 Å². The zero-order chi connectivity index (χ0) is 11.5. The van der Waals surface area contributed by atoms with Gasteiger partial charge in [0, 0.05) is 28.6 Å². The minimum Gasteiger partial charge on any atom is -0.322 e. The maximum absolute atomic E-state index is 11.2. The molecule has 0 radical (unpaired) electrons. The van der Waals surface area contributed by atoms with E-state index >= 15 is 0 Å². The average molecular weight is 275 g/mol. The summed E-state index contributed by atoms with van der Waals surface area (Å²) in [6, 6.07) is 10.9. The number of nitriles is 1. The predicted octanol–water partition coefficient (Wildman–Crippen LogP) is 2.47. The average Bonchev–Trinajstić information content (AvgIpc) is 2.31. The SMILES string of the molecule is N#Cc1cn(-c2ccc(Br)cc2)ccc1=O. The van der Waals surface area contributed by atoms with Gasteiger partial charge in [0.25, 0.3) is 0 Å². The molecule has 1 aromatic heterocycles. The first-order valence-corrected chi connectivity index (χ1v) is 5.38. The minimum atomic E-state index is -0.254. The first kappa shape index (κ1) is 10.7. The summed E-state index contributed by atoms with van der Waals surface area (Å²) in [5.74, 6) is 0. The predicted molar refractivity (Wildman–Crippen MR) is 64.5 cm³/mol. The first-order valence-electron chi connectivity index (χ1n) is 4.59. The number of rotatable bonds is 1. The molecule has 0 unspecified atom stereocenters. The van der Waals surface area contributed by atoms with Gasteiger partial charge in [-0.3, -0.25) is 4.79 Å². The molecule has 0 atom stereocenters. The summed E-state index contributed by atoms with van der Waals surface area (Å²) in [7, 11) is 0. The van der Waals surface area contributed by atoms with Gasteiger partial charge in [0.15, 0.2) is 5.43 Å². The number of hydrogen-bond donors (Lipinski definition) is 0. The smallest absolute Gasteiger partial charge is 0.199 e. The zero-order valence-electron chi connectivity index (χ0n) is 8.22. The van der Waals surface area contributed by atoms with E-state index in [1.807, 2.05) is 30.3 Å². The second-order valence-electron chi connectivity index (χ2n) is 3.22. The molecule has 0 saturated heterocycles. The maximum Gasteiger partial charge on any atom is 0.199 e. The summed E-state index contributed by atoms with van der Waals surface area (Å²) < 4.78 is 2.73. The molecular formula is C12H7BrN2O. The van der Waals surface area contributed by atoms with Gasteiger partial charge in [0.05, 0.1) is 0 Å². The van der Waals surface area contributed by atoms with Gasteiger partial charge in [-0.1, -0.05) is 15.9 Å². The topological polar surface area (TPSA) is 45.8 Å². The summed E-state index contributed by atoms with van der Waals surface area (Å²) in [5.41, 5.74) is 0.793. The molecule has 0 aliphatic carbocycles. The van der Waals surface area contributed by atoms with Crippen LogP contribution in [0.5, 0.6) is 0 Å². The zero-order valence-corrected chi connectivity index (χ0v) is 9.81. The fourth-order valence-corrected chi connectivity index (χ4v) is 1.61. The van der Waals surface area contributed by atoms with E-state index in [1.165, 1.54) is 12.3 Å². The lowest BCUT2D eigenvalue weighted by Crippen LogP contribution is -2.08. The third kappa shape index (κ3) is 2.05. The van der Waals surface area contributed by atoms with Crippen LogP contribution in [0.1, 0.15) is 5.56 Å². The molecule has 2 rings (SSSR count). The highest BCUT2D eigenvalue weighted by Gasteiger charge is 2.00. The molecule has 2 aromatic rings. The summed E-state index contributed by atoms with van der Waals surface area (Å²) in [4.78, 5) is 11.2. The van der Waals surface area contributed by atoms with Crippen molar-refractivity contribution in [3.05, 3.63) is 63.0 Å². The summed E-state index contributed by atoms with van der Waals surface area (Å²) in [6.45, 7) is 0. The van der Waals surface area contributed by atoms with E-state index in [2.05, 4.69) is 15.9 Å². The van der Waals surface area contributed by atoms with Crippen LogP contribution in [-0.4, -0.2) is 4.57 Å². The largest absolute Gasteiger partial charge is 0.322 e.